The van der Waals surface area contributed by atoms with Crippen LogP contribution in [0.2, 0.25) is 0 Å². The Morgan fingerprint density at radius 3 is 2.38 bits per heavy atom. The lowest BCUT2D eigenvalue weighted by molar-refractivity contribution is -0.113. The van der Waals surface area contributed by atoms with E-state index < -0.39 is 23.2 Å². The largest absolute Gasteiger partial charge is 0.493 e. The lowest BCUT2D eigenvalue weighted by atomic mass is 10.1. The molecule has 0 aromatic heterocycles. The van der Waals surface area contributed by atoms with Gasteiger partial charge < -0.3 is 10.1 Å². The minimum absolute atomic E-state index is 0.101. The first-order chi connectivity index (χ1) is 11.5. The molecule has 24 heavy (non-hydrogen) atoms. The van der Waals surface area contributed by atoms with Crippen molar-refractivity contribution in [3.05, 3.63) is 59.2 Å². The topological polar surface area (TPSA) is 38.3 Å². The standard InChI is InChI=1S/C18H19F2NO2S/c1-12-8-13(2)10-14(9-12)23-6-7-24-11-17(22)21-18-15(19)4-3-5-16(18)20/h3-5,8-10H,6-7,11H2,1-2H3,(H,21,22). The molecule has 0 fully saturated rings. The van der Waals surface area contributed by atoms with Crippen molar-refractivity contribution >= 4 is 23.4 Å². The Morgan fingerprint density at radius 2 is 1.75 bits per heavy atom. The van der Waals surface area contributed by atoms with Gasteiger partial charge in [0.1, 0.15) is 23.1 Å². The van der Waals surface area contributed by atoms with E-state index in [0.717, 1.165) is 29.0 Å². The molecule has 0 radical (unpaired) electrons. The van der Waals surface area contributed by atoms with Crippen LogP contribution in [0.15, 0.2) is 36.4 Å². The van der Waals surface area contributed by atoms with Gasteiger partial charge in [-0.2, -0.15) is 0 Å². The Labute approximate surface area is 144 Å². The molecule has 0 bridgehead atoms. The zero-order chi connectivity index (χ0) is 17.5. The van der Waals surface area contributed by atoms with Crippen molar-refractivity contribution in [2.75, 3.05) is 23.4 Å². The summed E-state index contributed by atoms with van der Waals surface area (Å²) < 4.78 is 32.5. The molecule has 2 aromatic rings. The fourth-order valence-electron chi connectivity index (χ4n) is 2.19. The molecule has 0 unspecified atom stereocenters. The van der Waals surface area contributed by atoms with Gasteiger partial charge in [-0.05, 0) is 49.2 Å². The van der Waals surface area contributed by atoms with Crippen molar-refractivity contribution in [1.82, 2.24) is 0 Å². The number of carbonyl (C=O) groups is 1. The average Bonchev–Trinajstić information content (AvgIpc) is 2.50. The van der Waals surface area contributed by atoms with E-state index in [1.54, 1.807) is 0 Å². The number of halogens is 2. The van der Waals surface area contributed by atoms with Crippen LogP contribution in [0.5, 0.6) is 5.75 Å². The maximum absolute atomic E-state index is 13.4. The van der Waals surface area contributed by atoms with Crippen LogP contribution in [0, 0.1) is 25.5 Å². The van der Waals surface area contributed by atoms with Crippen molar-refractivity contribution in [3.63, 3.8) is 0 Å². The highest BCUT2D eigenvalue weighted by Gasteiger charge is 2.11. The number of nitrogens with one attached hydrogen (secondary N) is 1. The summed E-state index contributed by atoms with van der Waals surface area (Å²) in [7, 11) is 0. The molecule has 0 aliphatic rings. The molecular formula is C18H19F2NO2S. The highest BCUT2D eigenvalue weighted by molar-refractivity contribution is 7.99. The van der Waals surface area contributed by atoms with Crippen LogP contribution in [-0.4, -0.2) is 24.0 Å². The number of hydrogen-bond acceptors (Lipinski definition) is 3. The third kappa shape index (κ3) is 5.53. The number of para-hydroxylation sites is 1. The van der Waals surface area contributed by atoms with Gasteiger partial charge in [0.25, 0.3) is 0 Å². The summed E-state index contributed by atoms with van der Waals surface area (Å²) in [6, 6.07) is 9.41. The van der Waals surface area contributed by atoms with Gasteiger partial charge in [0, 0.05) is 5.75 Å². The second-order valence-electron chi connectivity index (χ2n) is 5.37. The first kappa shape index (κ1) is 18.3. The zero-order valence-corrected chi connectivity index (χ0v) is 14.4. The molecule has 1 amide bonds. The van der Waals surface area contributed by atoms with Gasteiger partial charge in [-0.25, -0.2) is 8.78 Å². The van der Waals surface area contributed by atoms with Gasteiger partial charge in [-0.15, -0.1) is 11.8 Å². The summed E-state index contributed by atoms with van der Waals surface area (Å²) in [4.78, 5) is 11.7. The van der Waals surface area contributed by atoms with Crippen LogP contribution in [-0.2, 0) is 4.79 Å². The number of rotatable bonds is 7. The monoisotopic (exact) mass is 351 g/mol. The van der Waals surface area contributed by atoms with Crippen LogP contribution >= 0.6 is 11.8 Å². The molecule has 0 saturated heterocycles. The molecule has 2 aromatic carbocycles. The SMILES string of the molecule is Cc1cc(C)cc(OCCSCC(=O)Nc2c(F)cccc2F)c1. The normalized spacial score (nSPS) is 10.5. The molecule has 2 rings (SSSR count). The fourth-order valence-corrected chi connectivity index (χ4v) is 2.80. The lowest BCUT2D eigenvalue weighted by Gasteiger charge is -2.09. The molecule has 0 spiro atoms. The minimum Gasteiger partial charge on any atom is -0.493 e. The van der Waals surface area contributed by atoms with Crippen molar-refractivity contribution in [3.8, 4) is 5.75 Å². The van der Waals surface area contributed by atoms with Gasteiger partial charge in [0.2, 0.25) is 5.91 Å². The Hall–Kier alpha value is -2.08. The summed E-state index contributed by atoms with van der Waals surface area (Å²) in [6.07, 6.45) is 0. The van der Waals surface area contributed by atoms with Crippen molar-refractivity contribution in [2.45, 2.75) is 13.8 Å². The summed E-state index contributed by atoms with van der Waals surface area (Å²) in [5, 5.41) is 2.25. The van der Waals surface area contributed by atoms with E-state index in [2.05, 4.69) is 11.4 Å². The number of benzene rings is 2. The number of carbonyl (C=O) groups excluding carboxylic acids is 1. The van der Waals surface area contributed by atoms with Crippen LogP contribution in [0.3, 0.4) is 0 Å². The van der Waals surface area contributed by atoms with Gasteiger partial charge >= 0.3 is 0 Å². The van der Waals surface area contributed by atoms with E-state index in [0.29, 0.717) is 12.4 Å². The highest BCUT2D eigenvalue weighted by atomic mass is 32.2. The quantitative estimate of drug-likeness (QED) is 0.755. The first-order valence-corrected chi connectivity index (χ1v) is 8.64. The number of ether oxygens (including phenoxy) is 1. The lowest BCUT2D eigenvalue weighted by Crippen LogP contribution is -2.17. The summed E-state index contributed by atoms with van der Waals surface area (Å²) in [6.45, 7) is 4.45. The molecule has 128 valence electrons. The molecule has 1 N–H and O–H groups in total. The third-order valence-corrected chi connectivity index (χ3v) is 4.07. The maximum Gasteiger partial charge on any atom is 0.234 e. The molecule has 6 heteroatoms. The van der Waals surface area contributed by atoms with Crippen LogP contribution < -0.4 is 10.1 Å². The predicted octanol–water partition coefficient (Wildman–Crippen LogP) is 4.33. The Kier molecular flexibility index (Phi) is 6.61. The van der Waals surface area contributed by atoms with Crippen molar-refractivity contribution in [1.29, 1.82) is 0 Å². The molecule has 0 aliphatic carbocycles. The summed E-state index contributed by atoms with van der Waals surface area (Å²) >= 11 is 1.34. The number of hydrogen-bond donors (Lipinski definition) is 1. The smallest absolute Gasteiger partial charge is 0.234 e. The molecule has 0 aliphatic heterocycles. The number of anilines is 1. The van der Waals surface area contributed by atoms with Gasteiger partial charge in [0.05, 0.1) is 12.4 Å². The van der Waals surface area contributed by atoms with E-state index >= 15 is 0 Å². The van der Waals surface area contributed by atoms with Crippen LogP contribution in [0.25, 0.3) is 0 Å². The van der Waals surface area contributed by atoms with Crippen LogP contribution in [0.1, 0.15) is 11.1 Å². The second kappa shape index (κ2) is 8.68. The third-order valence-electron chi connectivity index (χ3n) is 3.15. The van der Waals surface area contributed by atoms with Gasteiger partial charge in [-0.3, -0.25) is 4.79 Å². The molecule has 0 saturated carbocycles. The molecule has 3 nitrogen and oxygen atoms in total. The highest BCUT2D eigenvalue weighted by Crippen LogP contribution is 2.19. The van der Waals surface area contributed by atoms with Crippen LogP contribution in [0.4, 0.5) is 14.5 Å². The number of thioether (sulfide) groups is 1. The molecular weight excluding hydrogens is 332 g/mol. The second-order valence-corrected chi connectivity index (χ2v) is 6.47. The van der Waals surface area contributed by atoms with E-state index in [9.17, 15) is 13.6 Å². The average molecular weight is 351 g/mol. The van der Waals surface area contributed by atoms with Crippen molar-refractivity contribution in [2.24, 2.45) is 0 Å². The zero-order valence-electron chi connectivity index (χ0n) is 13.6. The van der Waals surface area contributed by atoms with E-state index in [-0.39, 0.29) is 5.75 Å². The first-order valence-electron chi connectivity index (χ1n) is 7.48. The minimum atomic E-state index is -0.786. The Morgan fingerprint density at radius 1 is 1.12 bits per heavy atom. The fraction of sp³-hybridized carbons (Fsp3) is 0.278. The predicted molar refractivity (Wildman–Crippen MR) is 93.7 cm³/mol. The Balaban J connectivity index is 1.71. The van der Waals surface area contributed by atoms with Gasteiger partial charge in [-0.1, -0.05) is 12.1 Å². The Bertz CT molecular complexity index is 682. The summed E-state index contributed by atoms with van der Waals surface area (Å²) in [5.41, 5.74) is 1.85. The maximum atomic E-state index is 13.4. The van der Waals surface area contributed by atoms with E-state index in [1.165, 1.54) is 17.8 Å². The van der Waals surface area contributed by atoms with E-state index in [4.69, 9.17) is 4.74 Å². The number of amides is 1. The van der Waals surface area contributed by atoms with E-state index in [1.807, 2.05) is 26.0 Å². The molecule has 0 heterocycles. The molecule has 0 atom stereocenters. The van der Waals surface area contributed by atoms with Crippen molar-refractivity contribution < 1.29 is 18.3 Å². The summed E-state index contributed by atoms with van der Waals surface area (Å²) in [5.74, 6) is -0.524. The van der Waals surface area contributed by atoms with Gasteiger partial charge in [0.15, 0.2) is 0 Å². The number of aryl methyl sites for hydroxylation is 2.